The van der Waals surface area contributed by atoms with E-state index in [2.05, 4.69) is 10.6 Å². The number of amides is 3. The van der Waals surface area contributed by atoms with Gasteiger partial charge < -0.3 is 29.7 Å². The van der Waals surface area contributed by atoms with Crippen LogP contribution in [0.4, 0.5) is 5.69 Å². The molecule has 168 valence electrons. The quantitative estimate of drug-likeness (QED) is 0.679. The number of methoxy groups -OCH3 is 1. The number of rotatable bonds is 7. The minimum Gasteiger partial charge on any atom is -0.496 e. The molecule has 1 unspecified atom stereocenters. The van der Waals surface area contributed by atoms with Crippen LogP contribution in [0, 0.1) is 5.92 Å². The molecule has 0 aliphatic carbocycles. The molecule has 32 heavy (non-hydrogen) atoms. The first-order chi connectivity index (χ1) is 15.5. The highest BCUT2D eigenvalue weighted by Gasteiger charge is 2.36. The summed E-state index contributed by atoms with van der Waals surface area (Å²) >= 11 is 0. The van der Waals surface area contributed by atoms with Crippen molar-refractivity contribution in [3.05, 3.63) is 48.0 Å². The highest BCUT2D eigenvalue weighted by Crippen LogP contribution is 2.37. The number of benzene rings is 2. The number of para-hydroxylation sites is 1. The van der Waals surface area contributed by atoms with E-state index >= 15 is 0 Å². The maximum absolute atomic E-state index is 12.7. The summed E-state index contributed by atoms with van der Waals surface area (Å²) in [5.74, 6) is 0.529. The second-order valence-electron chi connectivity index (χ2n) is 7.70. The molecule has 2 aromatic carbocycles. The fraction of sp³-hybridized carbons (Fsp3) is 0.348. The lowest BCUT2D eigenvalue weighted by molar-refractivity contribution is -0.131. The number of nitrogens with zero attached hydrogens (tertiary/aromatic N) is 1. The van der Waals surface area contributed by atoms with Crippen molar-refractivity contribution in [2.75, 3.05) is 25.3 Å². The molecule has 9 nitrogen and oxygen atoms in total. The van der Waals surface area contributed by atoms with Gasteiger partial charge in [0.05, 0.1) is 13.0 Å². The summed E-state index contributed by atoms with van der Waals surface area (Å²) in [6, 6.07) is 11.9. The van der Waals surface area contributed by atoms with Crippen LogP contribution in [0.25, 0.3) is 0 Å². The largest absolute Gasteiger partial charge is 0.496 e. The molecule has 0 spiro atoms. The first kappa shape index (κ1) is 21.5. The summed E-state index contributed by atoms with van der Waals surface area (Å²) in [5, 5.41) is 5.51. The van der Waals surface area contributed by atoms with Gasteiger partial charge in [-0.05, 0) is 25.1 Å². The zero-order valence-corrected chi connectivity index (χ0v) is 17.9. The van der Waals surface area contributed by atoms with E-state index in [9.17, 15) is 14.4 Å². The van der Waals surface area contributed by atoms with Crippen LogP contribution in [0.5, 0.6) is 17.2 Å². The van der Waals surface area contributed by atoms with Crippen LogP contribution >= 0.6 is 0 Å². The zero-order valence-electron chi connectivity index (χ0n) is 17.9. The smallest absolute Gasteiger partial charge is 0.242 e. The van der Waals surface area contributed by atoms with Crippen molar-refractivity contribution in [3.63, 3.8) is 0 Å². The van der Waals surface area contributed by atoms with E-state index in [0.717, 1.165) is 5.56 Å². The Balaban J connectivity index is 1.31. The molecular weight excluding hydrogens is 414 g/mol. The molecule has 2 aliphatic heterocycles. The van der Waals surface area contributed by atoms with Gasteiger partial charge in [-0.1, -0.05) is 18.2 Å². The van der Waals surface area contributed by atoms with Gasteiger partial charge in [0, 0.05) is 36.8 Å². The first-order valence-corrected chi connectivity index (χ1v) is 10.4. The third kappa shape index (κ3) is 4.46. The Bertz CT molecular complexity index is 1040. The lowest BCUT2D eigenvalue weighted by Gasteiger charge is -2.19. The molecule has 2 atom stereocenters. The van der Waals surface area contributed by atoms with E-state index in [1.807, 2.05) is 24.3 Å². The molecular formula is C23H25N3O6. The molecule has 2 heterocycles. The second kappa shape index (κ2) is 9.17. The molecule has 1 fully saturated rings. The summed E-state index contributed by atoms with van der Waals surface area (Å²) in [6.45, 7) is 2.28. The Labute approximate surface area is 185 Å². The molecule has 2 aromatic rings. The number of hydrogen-bond acceptors (Lipinski definition) is 6. The Morgan fingerprint density at radius 2 is 1.97 bits per heavy atom. The van der Waals surface area contributed by atoms with Gasteiger partial charge in [-0.2, -0.15) is 0 Å². The van der Waals surface area contributed by atoms with E-state index in [0.29, 0.717) is 22.9 Å². The summed E-state index contributed by atoms with van der Waals surface area (Å²) in [7, 11) is 1.57. The zero-order chi connectivity index (χ0) is 22.7. The van der Waals surface area contributed by atoms with Gasteiger partial charge >= 0.3 is 0 Å². The average Bonchev–Trinajstić information content (AvgIpc) is 3.43. The van der Waals surface area contributed by atoms with E-state index in [1.165, 1.54) is 0 Å². The van der Waals surface area contributed by atoms with E-state index in [-0.39, 0.29) is 44.0 Å². The van der Waals surface area contributed by atoms with E-state index in [1.54, 1.807) is 37.1 Å². The minimum atomic E-state index is -0.744. The number of ether oxygens (including phenoxy) is 3. The number of fused-ring (bicyclic) bond motifs is 1. The maximum Gasteiger partial charge on any atom is 0.242 e. The monoisotopic (exact) mass is 439 g/mol. The predicted molar refractivity (Wildman–Crippen MR) is 115 cm³/mol. The van der Waals surface area contributed by atoms with Crippen molar-refractivity contribution < 1.29 is 28.6 Å². The fourth-order valence-electron chi connectivity index (χ4n) is 3.77. The van der Waals surface area contributed by atoms with Crippen LogP contribution < -0.4 is 29.7 Å². The van der Waals surface area contributed by atoms with Crippen molar-refractivity contribution in [2.24, 2.45) is 5.92 Å². The fourth-order valence-corrected chi connectivity index (χ4v) is 3.77. The molecule has 0 radical (unpaired) electrons. The SMILES string of the molecule is COc1ccccc1CNC(=O)[C@H](C)NC(=O)C1CC(=O)N(c2ccc3c(c2)OCO3)C1. The predicted octanol–water partition coefficient (Wildman–Crippen LogP) is 1.60. The standard InChI is InChI=1S/C23H25N3O6/c1-14(22(28)24-11-15-5-3-4-6-18(15)30-2)25-23(29)16-9-21(27)26(12-16)17-7-8-19-20(10-17)32-13-31-19/h3-8,10,14,16H,9,11-13H2,1-2H3,(H,24,28)(H,25,29)/t14-,16?/m0/s1. The Hall–Kier alpha value is -3.75. The number of carbonyl (C=O) groups excluding carboxylic acids is 3. The Kier molecular flexibility index (Phi) is 6.16. The third-order valence-electron chi connectivity index (χ3n) is 5.56. The van der Waals surface area contributed by atoms with Crippen molar-refractivity contribution in [3.8, 4) is 17.2 Å². The normalized spacial score (nSPS) is 17.8. The van der Waals surface area contributed by atoms with E-state index < -0.39 is 12.0 Å². The summed E-state index contributed by atoms with van der Waals surface area (Å²) in [5.41, 5.74) is 1.49. The van der Waals surface area contributed by atoms with Gasteiger partial charge in [-0.3, -0.25) is 14.4 Å². The number of carbonyl (C=O) groups is 3. The molecule has 0 aromatic heterocycles. The summed E-state index contributed by atoms with van der Waals surface area (Å²) in [4.78, 5) is 39.2. The van der Waals surface area contributed by atoms with Gasteiger partial charge in [0.25, 0.3) is 0 Å². The highest BCUT2D eigenvalue weighted by molar-refractivity contribution is 6.01. The van der Waals surface area contributed by atoms with Crippen LogP contribution in [0.2, 0.25) is 0 Å². The lowest BCUT2D eigenvalue weighted by atomic mass is 10.1. The molecule has 9 heteroatoms. The van der Waals surface area contributed by atoms with Crippen molar-refractivity contribution in [1.82, 2.24) is 10.6 Å². The van der Waals surface area contributed by atoms with Crippen LogP contribution in [-0.4, -0.2) is 44.2 Å². The average molecular weight is 439 g/mol. The van der Waals surface area contributed by atoms with Gasteiger partial charge in [-0.15, -0.1) is 0 Å². The summed E-state index contributed by atoms with van der Waals surface area (Å²) < 4.78 is 15.9. The third-order valence-corrected chi connectivity index (χ3v) is 5.56. The highest BCUT2D eigenvalue weighted by atomic mass is 16.7. The van der Waals surface area contributed by atoms with Gasteiger partial charge in [0.2, 0.25) is 24.5 Å². The van der Waals surface area contributed by atoms with E-state index in [4.69, 9.17) is 14.2 Å². The lowest BCUT2D eigenvalue weighted by Crippen LogP contribution is -2.47. The van der Waals surface area contributed by atoms with Crippen molar-refractivity contribution >= 4 is 23.4 Å². The van der Waals surface area contributed by atoms with Crippen LogP contribution in [-0.2, 0) is 20.9 Å². The van der Waals surface area contributed by atoms with Crippen molar-refractivity contribution in [1.29, 1.82) is 0 Å². The molecule has 0 bridgehead atoms. The molecule has 0 saturated carbocycles. The van der Waals surface area contributed by atoms with Crippen LogP contribution in [0.15, 0.2) is 42.5 Å². The van der Waals surface area contributed by atoms with Crippen LogP contribution in [0.1, 0.15) is 18.9 Å². The topological polar surface area (TPSA) is 106 Å². The molecule has 2 N–H and O–H groups in total. The van der Waals surface area contributed by atoms with Gasteiger partial charge in [-0.25, -0.2) is 0 Å². The summed E-state index contributed by atoms with van der Waals surface area (Å²) in [6.07, 6.45) is 0.0792. The first-order valence-electron chi connectivity index (χ1n) is 10.4. The molecule has 2 aliphatic rings. The van der Waals surface area contributed by atoms with Gasteiger partial charge in [0.15, 0.2) is 11.5 Å². The number of anilines is 1. The molecule has 3 amide bonds. The van der Waals surface area contributed by atoms with Crippen molar-refractivity contribution in [2.45, 2.75) is 25.9 Å². The van der Waals surface area contributed by atoms with Gasteiger partial charge in [0.1, 0.15) is 11.8 Å². The maximum atomic E-state index is 12.7. The molecule has 1 saturated heterocycles. The minimum absolute atomic E-state index is 0.0792. The Morgan fingerprint density at radius 3 is 2.78 bits per heavy atom. The van der Waals surface area contributed by atoms with Crippen LogP contribution in [0.3, 0.4) is 0 Å². The number of hydrogen-bond donors (Lipinski definition) is 2. The molecule has 4 rings (SSSR count). The Morgan fingerprint density at radius 1 is 1.19 bits per heavy atom. The second-order valence-corrected chi connectivity index (χ2v) is 7.70. The number of nitrogens with one attached hydrogen (secondary N) is 2.